The minimum Gasteiger partial charge on any atom is -0.292 e. The lowest BCUT2D eigenvalue weighted by Gasteiger charge is -2.21. The van der Waals surface area contributed by atoms with E-state index in [4.69, 9.17) is 16.6 Å². The van der Waals surface area contributed by atoms with E-state index < -0.39 is 0 Å². The Balaban J connectivity index is 1.89. The molecule has 0 saturated carbocycles. The van der Waals surface area contributed by atoms with Crippen LogP contribution in [0.1, 0.15) is 22.3 Å². The van der Waals surface area contributed by atoms with Crippen molar-refractivity contribution in [1.29, 1.82) is 0 Å². The van der Waals surface area contributed by atoms with Crippen LogP contribution in [0.15, 0.2) is 53.5 Å². The van der Waals surface area contributed by atoms with Gasteiger partial charge < -0.3 is 0 Å². The maximum atomic E-state index is 13.1. The highest BCUT2D eigenvalue weighted by molar-refractivity contribution is 6.31. The molecule has 5 rings (SSSR count). The summed E-state index contributed by atoms with van der Waals surface area (Å²) in [5, 5.41) is 1.56. The summed E-state index contributed by atoms with van der Waals surface area (Å²) < 4.78 is 0. The Kier molecular flexibility index (Phi) is 3.15. The Morgan fingerprint density at radius 1 is 1.00 bits per heavy atom. The number of halogens is 1. The highest BCUT2D eigenvalue weighted by atomic mass is 35.5. The van der Waals surface area contributed by atoms with Crippen LogP contribution in [0, 0.1) is 0 Å². The summed E-state index contributed by atoms with van der Waals surface area (Å²) in [5.41, 5.74) is 4.12. The zero-order chi connectivity index (χ0) is 17.0. The van der Waals surface area contributed by atoms with Crippen LogP contribution in [0.3, 0.4) is 0 Å². The van der Waals surface area contributed by atoms with Crippen LogP contribution in [0.4, 0.5) is 0 Å². The lowest BCUT2D eigenvalue weighted by molar-refractivity contribution is 0.0857. The van der Waals surface area contributed by atoms with Gasteiger partial charge in [0.1, 0.15) is 5.84 Å². The molecule has 2 aliphatic heterocycles. The molecular formula is C20H14ClN3O. The van der Waals surface area contributed by atoms with E-state index in [9.17, 15) is 4.79 Å². The normalized spacial score (nSPS) is 16.0. The molecule has 5 heteroatoms. The smallest absolute Gasteiger partial charge is 0.260 e. The second-order valence-corrected chi connectivity index (χ2v) is 6.69. The molecule has 1 amide bonds. The Bertz CT molecular complexity index is 1060. The largest absolute Gasteiger partial charge is 0.292 e. The quantitative estimate of drug-likeness (QED) is 0.663. The zero-order valence-corrected chi connectivity index (χ0v) is 14.1. The Hall–Kier alpha value is -2.72. The average molecular weight is 348 g/mol. The van der Waals surface area contributed by atoms with Gasteiger partial charge >= 0.3 is 0 Å². The Morgan fingerprint density at radius 3 is 2.64 bits per heavy atom. The van der Waals surface area contributed by atoms with E-state index in [2.05, 4.69) is 4.99 Å². The average Bonchev–Trinajstić information content (AvgIpc) is 2.96. The molecule has 0 atom stereocenters. The van der Waals surface area contributed by atoms with Crippen molar-refractivity contribution < 1.29 is 4.79 Å². The Morgan fingerprint density at radius 2 is 1.80 bits per heavy atom. The van der Waals surface area contributed by atoms with E-state index in [1.54, 1.807) is 4.90 Å². The maximum absolute atomic E-state index is 13.1. The van der Waals surface area contributed by atoms with Gasteiger partial charge in [-0.15, -0.1) is 0 Å². The fourth-order valence-corrected chi connectivity index (χ4v) is 3.75. The minimum atomic E-state index is 0.0299. The highest BCUT2D eigenvalue weighted by Crippen LogP contribution is 2.37. The molecule has 122 valence electrons. The fraction of sp³-hybridized carbons (Fsp3) is 0.150. The Labute approximate surface area is 149 Å². The molecule has 4 nitrogen and oxygen atoms in total. The summed E-state index contributed by atoms with van der Waals surface area (Å²) in [5.74, 6) is 0.789. The molecule has 2 aliphatic rings. The van der Waals surface area contributed by atoms with Crippen molar-refractivity contribution in [3.8, 4) is 11.3 Å². The summed E-state index contributed by atoms with van der Waals surface area (Å²) in [6.45, 7) is 1.45. The van der Waals surface area contributed by atoms with Gasteiger partial charge in [-0.25, -0.2) is 4.98 Å². The number of aromatic nitrogens is 1. The molecule has 0 N–H and O–H groups in total. The third-order valence-electron chi connectivity index (χ3n) is 4.75. The second-order valence-electron chi connectivity index (χ2n) is 6.25. The van der Waals surface area contributed by atoms with Crippen molar-refractivity contribution >= 4 is 34.2 Å². The number of aliphatic imine (C=N–C) groups is 1. The van der Waals surface area contributed by atoms with Crippen LogP contribution >= 0.6 is 11.6 Å². The zero-order valence-electron chi connectivity index (χ0n) is 13.4. The van der Waals surface area contributed by atoms with E-state index >= 15 is 0 Å². The molecule has 3 aromatic rings. The van der Waals surface area contributed by atoms with Crippen LogP contribution in [-0.4, -0.2) is 34.7 Å². The van der Waals surface area contributed by atoms with Gasteiger partial charge in [-0.3, -0.25) is 14.7 Å². The summed E-state index contributed by atoms with van der Waals surface area (Å²) in [6.07, 6.45) is 0.894. The van der Waals surface area contributed by atoms with Gasteiger partial charge in [-0.2, -0.15) is 0 Å². The van der Waals surface area contributed by atoms with Crippen LogP contribution in [-0.2, 0) is 0 Å². The first kappa shape index (κ1) is 14.6. The standard InChI is InChI=1S/C20H14ClN3O/c21-13-8-6-12(7-9-13)18-17-16(14-4-1-2-5-15(14)23-18)20(25)24-11-3-10-22-19(17)24/h1-2,4-9H,3,10-11H2. The summed E-state index contributed by atoms with van der Waals surface area (Å²) in [4.78, 5) is 24.4. The number of benzene rings is 2. The number of para-hydroxylation sites is 1. The van der Waals surface area contributed by atoms with E-state index in [1.807, 2.05) is 48.5 Å². The molecule has 2 aromatic carbocycles. The first-order valence-electron chi connectivity index (χ1n) is 8.29. The number of amidine groups is 1. The highest BCUT2D eigenvalue weighted by Gasteiger charge is 2.39. The lowest BCUT2D eigenvalue weighted by Crippen LogP contribution is -2.34. The first-order valence-corrected chi connectivity index (χ1v) is 8.67. The van der Waals surface area contributed by atoms with Crippen LogP contribution in [0.2, 0.25) is 5.02 Å². The van der Waals surface area contributed by atoms with E-state index in [0.29, 0.717) is 11.6 Å². The van der Waals surface area contributed by atoms with Crippen molar-refractivity contribution in [1.82, 2.24) is 9.88 Å². The van der Waals surface area contributed by atoms with Gasteiger partial charge in [0.05, 0.1) is 22.3 Å². The lowest BCUT2D eigenvalue weighted by atomic mass is 9.98. The van der Waals surface area contributed by atoms with Crippen LogP contribution < -0.4 is 0 Å². The van der Waals surface area contributed by atoms with Crippen molar-refractivity contribution in [2.75, 3.05) is 13.1 Å². The number of hydrogen-bond acceptors (Lipinski definition) is 3. The van der Waals surface area contributed by atoms with Crippen LogP contribution in [0.25, 0.3) is 22.2 Å². The monoisotopic (exact) mass is 347 g/mol. The molecule has 0 bridgehead atoms. The predicted molar refractivity (Wildman–Crippen MR) is 99.2 cm³/mol. The molecule has 0 aliphatic carbocycles. The molecule has 1 aromatic heterocycles. The SMILES string of the molecule is O=C1c2c(c(-c3ccc(Cl)cc3)nc3ccccc23)C2=NCCCN12. The summed E-state index contributed by atoms with van der Waals surface area (Å²) >= 11 is 6.04. The van der Waals surface area contributed by atoms with Crippen molar-refractivity contribution in [3.05, 3.63) is 64.7 Å². The van der Waals surface area contributed by atoms with Gasteiger partial charge in [-0.05, 0) is 24.6 Å². The van der Waals surface area contributed by atoms with E-state index in [1.165, 1.54) is 0 Å². The predicted octanol–water partition coefficient (Wildman–Crippen LogP) is 4.16. The number of rotatable bonds is 1. The third-order valence-corrected chi connectivity index (χ3v) is 5.00. The fourth-order valence-electron chi connectivity index (χ4n) is 3.62. The number of pyridine rings is 1. The number of hydrogen-bond donors (Lipinski definition) is 0. The minimum absolute atomic E-state index is 0.0299. The van der Waals surface area contributed by atoms with Crippen LogP contribution in [0.5, 0.6) is 0 Å². The third kappa shape index (κ3) is 2.11. The van der Waals surface area contributed by atoms with Crippen molar-refractivity contribution in [2.45, 2.75) is 6.42 Å². The number of carbonyl (C=O) groups is 1. The molecule has 0 unspecified atom stereocenters. The first-order chi connectivity index (χ1) is 12.2. The summed E-state index contributed by atoms with van der Waals surface area (Å²) in [7, 11) is 0. The van der Waals surface area contributed by atoms with E-state index in [-0.39, 0.29) is 5.91 Å². The molecule has 25 heavy (non-hydrogen) atoms. The number of carbonyl (C=O) groups excluding carboxylic acids is 1. The van der Waals surface area contributed by atoms with Gasteiger partial charge in [0.2, 0.25) is 0 Å². The topological polar surface area (TPSA) is 45.6 Å². The van der Waals surface area contributed by atoms with Crippen molar-refractivity contribution in [3.63, 3.8) is 0 Å². The molecule has 0 radical (unpaired) electrons. The molecule has 0 spiro atoms. The van der Waals surface area contributed by atoms with Crippen molar-refractivity contribution in [2.24, 2.45) is 4.99 Å². The number of amides is 1. The number of nitrogens with zero attached hydrogens (tertiary/aromatic N) is 3. The van der Waals surface area contributed by atoms with Gasteiger partial charge in [-0.1, -0.05) is 41.9 Å². The molecule has 3 heterocycles. The molecule has 0 fully saturated rings. The van der Waals surface area contributed by atoms with E-state index in [0.717, 1.165) is 52.1 Å². The number of fused-ring (bicyclic) bond motifs is 5. The van der Waals surface area contributed by atoms with Gasteiger partial charge in [0.15, 0.2) is 0 Å². The summed E-state index contributed by atoms with van der Waals surface area (Å²) in [6, 6.07) is 15.4. The second kappa shape index (κ2) is 5.39. The van der Waals surface area contributed by atoms with Gasteiger partial charge in [0.25, 0.3) is 5.91 Å². The van der Waals surface area contributed by atoms with Gasteiger partial charge in [0, 0.05) is 29.1 Å². The maximum Gasteiger partial charge on any atom is 0.260 e. The molecule has 0 saturated heterocycles. The molecular weight excluding hydrogens is 334 g/mol.